The summed E-state index contributed by atoms with van der Waals surface area (Å²) in [5.74, 6) is 0. The van der Waals surface area contributed by atoms with E-state index in [2.05, 4.69) is 44.3 Å². The topological polar surface area (TPSA) is 32.3 Å². The minimum atomic E-state index is -0.109. The number of aliphatic hydroxyl groups is 1. The second-order valence-electron chi connectivity index (χ2n) is 5.83. The zero-order valence-electron chi connectivity index (χ0n) is 11.7. The van der Waals surface area contributed by atoms with Gasteiger partial charge >= 0.3 is 0 Å². The molecule has 1 aromatic rings. The molecule has 0 heterocycles. The average Bonchev–Trinajstić information content (AvgIpc) is 2.27. The number of benzene rings is 1. The largest absolute Gasteiger partial charge is 0.393 e. The number of aryl methyl sites for hydroxylation is 2. The highest BCUT2D eigenvalue weighted by Gasteiger charge is 2.21. The Morgan fingerprint density at radius 2 is 1.83 bits per heavy atom. The summed E-state index contributed by atoms with van der Waals surface area (Å²) in [5.41, 5.74) is 4.00. The molecule has 18 heavy (non-hydrogen) atoms. The summed E-state index contributed by atoms with van der Waals surface area (Å²) in [5, 5.41) is 13.4. The van der Waals surface area contributed by atoms with Crippen molar-refractivity contribution in [1.82, 2.24) is 5.32 Å². The molecule has 1 aliphatic rings. The first kappa shape index (κ1) is 13.6. The molecule has 1 saturated carbocycles. The monoisotopic (exact) mass is 247 g/mol. The highest BCUT2D eigenvalue weighted by atomic mass is 16.3. The molecule has 1 aliphatic carbocycles. The smallest absolute Gasteiger partial charge is 0.0555 e. The van der Waals surface area contributed by atoms with Gasteiger partial charge in [-0.1, -0.05) is 29.3 Å². The van der Waals surface area contributed by atoms with E-state index in [9.17, 15) is 5.11 Å². The summed E-state index contributed by atoms with van der Waals surface area (Å²) < 4.78 is 0. The van der Waals surface area contributed by atoms with Crippen LogP contribution in [0.5, 0.6) is 0 Å². The summed E-state index contributed by atoms with van der Waals surface area (Å²) in [6.07, 6.45) is 4.08. The lowest BCUT2D eigenvalue weighted by atomic mass is 9.91. The maximum atomic E-state index is 9.71. The molecule has 2 nitrogen and oxygen atoms in total. The van der Waals surface area contributed by atoms with Crippen LogP contribution in [0.2, 0.25) is 0 Å². The van der Waals surface area contributed by atoms with Crippen LogP contribution < -0.4 is 5.32 Å². The molecular weight excluding hydrogens is 222 g/mol. The van der Waals surface area contributed by atoms with Gasteiger partial charge < -0.3 is 10.4 Å². The van der Waals surface area contributed by atoms with Gasteiger partial charge in [-0.2, -0.15) is 0 Å². The van der Waals surface area contributed by atoms with Crippen LogP contribution in [0.25, 0.3) is 0 Å². The lowest BCUT2D eigenvalue weighted by Gasteiger charge is -2.29. The van der Waals surface area contributed by atoms with E-state index in [0.717, 1.165) is 19.3 Å². The zero-order chi connectivity index (χ0) is 13.1. The van der Waals surface area contributed by atoms with Gasteiger partial charge in [-0.3, -0.25) is 0 Å². The van der Waals surface area contributed by atoms with Gasteiger partial charge in [-0.05, 0) is 52.0 Å². The van der Waals surface area contributed by atoms with E-state index in [-0.39, 0.29) is 6.10 Å². The predicted molar refractivity (Wildman–Crippen MR) is 75.7 cm³/mol. The van der Waals surface area contributed by atoms with E-state index in [0.29, 0.717) is 12.1 Å². The van der Waals surface area contributed by atoms with Crippen molar-refractivity contribution in [2.45, 2.75) is 64.6 Å². The van der Waals surface area contributed by atoms with E-state index in [1.54, 1.807) is 0 Å². The first-order valence-electron chi connectivity index (χ1n) is 7.07. The summed E-state index contributed by atoms with van der Waals surface area (Å²) in [7, 11) is 0. The molecule has 0 aliphatic heterocycles. The number of hydrogen-bond acceptors (Lipinski definition) is 2. The summed E-state index contributed by atoms with van der Waals surface area (Å²) in [6, 6.07) is 7.54. The fraction of sp³-hybridized carbons (Fsp3) is 0.625. The molecule has 1 fully saturated rings. The second-order valence-corrected chi connectivity index (χ2v) is 5.83. The summed E-state index contributed by atoms with van der Waals surface area (Å²) >= 11 is 0. The van der Waals surface area contributed by atoms with E-state index in [1.807, 2.05) is 0 Å². The maximum Gasteiger partial charge on any atom is 0.0555 e. The summed E-state index contributed by atoms with van der Waals surface area (Å²) in [6.45, 7) is 6.51. The number of nitrogens with one attached hydrogen (secondary N) is 1. The van der Waals surface area contributed by atoms with Gasteiger partial charge in [0, 0.05) is 12.1 Å². The van der Waals surface area contributed by atoms with Crippen LogP contribution in [0.15, 0.2) is 18.2 Å². The molecule has 3 atom stereocenters. The first-order chi connectivity index (χ1) is 8.54. The molecule has 100 valence electrons. The van der Waals surface area contributed by atoms with Gasteiger partial charge in [0.15, 0.2) is 0 Å². The molecule has 3 unspecified atom stereocenters. The van der Waals surface area contributed by atoms with Crippen molar-refractivity contribution in [1.29, 1.82) is 0 Å². The SMILES string of the molecule is Cc1cc(C)cc(C(C)NC2CCCC(O)C2)c1. The van der Waals surface area contributed by atoms with E-state index in [4.69, 9.17) is 0 Å². The minimum absolute atomic E-state index is 0.109. The van der Waals surface area contributed by atoms with Gasteiger partial charge in [0.25, 0.3) is 0 Å². The molecular formula is C16H25NO. The zero-order valence-corrected chi connectivity index (χ0v) is 11.7. The van der Waals surface area contributed by atoms with Crippen LogP contribution in [-0.4, -0.2) is 17.3 Å². The fourth-order valence-corrected chi connectivity index (χ4v) is 3.03. The third kappa shape index (κ3) is 3.56. The standard InChI is InChI=1S/C16H25NO/c1-11-7-12(2)9-14(8-11)13(3)17-15-5-4-6-16(18)10-15/h7-9,13,15-18H,4-6,10H2,1-3H3. The third-order valence-corrected chi connectivity index (χ3v) is 3.88. The highest BCUT2D eigenvalue weighted by Crippen LogP contribution is 2.23. The van der Waals surface area contributed by atoms with Gasteiger partial charge in [0.2, 0.25) is 0 Å². The van der Waals surface area contributed by atoms with Crippen LogP contribution in [0.4, 0.5) is 0 Å². The Hall–Kier alpha value is -0.860. The van der Waals surface area contributed by atoms with Crippen molar-refractivity contribution in [3.63, 3.8) is 0 Å². The first-order valence-corrected chi connectivity index (χ1v) is 7.07. The lowest BCUT2D eigenvalue weighted by Crippen LogP contribution is -2.37. The Morgan fingerprint density at radius 3 is 2.44 bits per heavy atom. The number of aliphatic hydroxyl groups excluding tert-OH is 1. The van der Waals surface area contributed by atoms with Gasteiger partial charge in [-0.15, -0.1) is 0 Å². The minimum Gasteiger partial charge on any atom is -0.393 e. The quantitative estimate of drug-likeness (QED) is 0.859. The van der Waals surface area contributed by atoms with Gasteiger partial charge in [0.1, 0.15) is 0 Å². The Bertz CT molecular complexity index is 382. The summed E-state index contributed by atoms with van der Waals surface area (Å²) in [4.78, 5) is 0. The Morgan fingerprint density at radius 1 is 1.17 bits per heavy atom. The molecule has 2 rings (SSSR count). The van der Waals surface area contributed by atoms with Crippen LogP contribution >= 0.6 is 0 Å². The Labute approximate surface area is 110 Å². The van der Waals surface area contributed by atoms with Gasteiger partial charge in [-0.25, -0.2) is 0 Å². The normalized spacial score (nSPS) is 26.0. The van der Waals surface area contributed by atoms with Gasteiger partial charge in [0.05, 0.1) is 6.10 Å². The van der Waals surface area contributed by atoms with Crippen molar-refractivity contribution in [3.8, 4) is 0 Å². The van der Waals surface area contributed by atoms with Crippen LogP contribution in [0.3, 0.4) is 0 Å². The molecule has 0 amide bonds. The van der Waals surface area contributed by atoms with Crippen LogP contribution in [0.1, 0.15) is 55.3 Å². The molecule has 2 N–H and O–H groups in total. The maximum absolute atomic E-state index is 9.71. The van der Waals surface area contributed by atoms with E-state index >= 15 is 0 Å². The van der Waals surface area contributed by atoms with Crippen LogP contribution in [0, 0.1) is 13.8 Å². The third-order valence-electron chi connectivity index (χ3n) is 3.88. The lowest BCUT2D eigenvalue weighted by molar-refractivity contribution is 0.109. The van der Waals surface area contributed by atoms with Crippen LogP contribution in [-0.2, 0) is 0 Å². The van der Waals surface area contributed by atoms with E-state index < -0.39 is 0 Å². The fourth-order valence-electron chi connectivity index (χ4n) is 3.03. The number of rotatable bonds is 3. The van der Waals surface area contributed by atoms with Crippen molar-refractivity contribution in [2.24, 2.45) is 0 Å². The molecule has 1 aromatic carbocycles. The Kier molecular flexibility index (Phi) is 4.41. The molecule has 0 radical (unpaired) electrons. The molecule has 0 spiro atoms. The molecule has 0 aromatic heterocycles. The predicted octanol–water partition coefficient (Wildman–Crippen LogP) is 3.26. The van der Waals surface area contributed by atoms with Crippen molar-refractivity contribution in [2.75, 3.05) is 0 Å². The van der Waals surface area contributed by atoms with Crippen molar-refractivity contribution in [3.05, 3.63) is 34.9 Å². The van der Waals surface area contributed by atoms with E-state index in [1.165, 1.54) is 23.1 Å². The molecule has 2 heteroatoms. The number of hydrogen-bond donors (Lipinski definition) is 2. The molecule has 0 bridgehead atoms. The average molecular weight is 247 g/mol. The second kappa shape index (κ2) is 5.85. The highest BCUT2D eigenvalue weighted by molar-refractivity contribution is 5.30. The van der Waals surface area contributed by atoms with Crippen molar-refractivity contribution >= 4 is 0 Å². The van der Waals surface area contributed by atoms with Crippen molar-refractivity contribution < 1.29 is 5.11 Å². The molecule has 0 saturated heterocycles. The Balaban J connectivity index is 2.00.